The fourth-order valence-corrected chi connectivity index (χ4v) is 4.82. The molecule has 0 fully saturated rings. The summed E-state index contributed by atoms with van der Waals surface area (Å²) >= 11 is 5.98. The third kappa shape index (κ3) is 5.60. The van der Waals surface area contributed by atoms with Gasteiger partial charge in [-0.05, 0) is 60.5 Å². The van der Waals surface area contributed by atoms with Gasteiger partial charge in [0.05, 0.1) is 23.7 Å². The van der Waals surface area contributed by atoms with E-state index in [1.165, 1.54) is 19.2 Å². The smallest absolute Gasteiger partial charge is 0.264 e. The summed E-state index contributed by atoms with van der Waals surface area (Å²) in [5.74, 6) is 0.126. The molecule has 0 aliphatic heterocycles. The number of halogens is 1. The Kier molecular flexibility index (Phi) is 7.77. The highest BCUT2D eigenvalue weighted by Gasteiger charge is 2.28. The van der Waals surface area contributed by atoms with Gasteiger partial charge in [-0.15, -0.1) is 0 Å². The number of carbonyl (C=O) groups excluding carboxylic acids is 1. The highest BCUT2D eigenvalue weighted by Crippen LogP contribution is 2.26. The molecule has 0 saturated heterocycles. The number of carbonyl (C=O) groups is 1. The standard InChI is InChI=1S/C24H25ClN2O4S/c1-3-23(18-7-5-4-6-8-18)26-24(28)17-27(20-11-9-19(25)10-12-20)32(29,30)22-15-13-21(31-2)14-16-22/h4-16,23H,3,17H2,1-2H3,(H,26,28). The molecule has 1 N–H and O–H groups in total. The number of ether oxygens (including phenoxy) is 1. The summed E-state index contributed by atoms with van der Waals surface area (Å²) < 4.78 is 33.1. The number of nitrogens with zero attached hydrogens (tertiary/aromatic N) is 1. The van der Waals surface area contributed by atoms with E-state index in [-0.39, 0.29) is 17.5 Å². The van der Waals surface area contributed by atoms with Crippen molar-refractivity contribution in [2.45, 2.75) is 24.3 Å². The second kappa shape index (κ2) is 10.5. The van der Waals surface area contributed by atoms with E-state index in [1.807, 2.05) is 37.3 Å². The van der Waals surface area contributed by atoms with Crippen molar-refractivity contribution in [3.63, 3.8) is 0 Å². The number of hydrogen-bond donors (Lipinski definition) is 1. The molecule has 0 bridgehead atoms. The van der Waals surface area contributed by atoms with E-state index in [9.17, 15) is 13.2 Å². The third-order valence-corrected chi connectivity index (χ3v) is 7.03. The first-order chi connectivity index (χ1) is 15.3. The largest absolute Gasteiger partial charge is 0.497 e. The van der Waals surface area contributed by atoms with E-state index < -0.39 is 15.9 Å². The van der Waals surface area contributed by atoms with Crippen molar-refractivity contribution >= 4 is 33.2 Å². The molecule has 6 nitrogen and oxygen atoms in total. The molecule has 0 heterocycles. The molecule has 0 spiro atoms. The van der Waals surface area contributed by atoms with E-state index in [0.29, 0.717) is 22.9 Å². The Bertz CT molecular complexity index is 1130. The number of anilines is 1. The summed E-state index contributed by atoms with van der Waals surface area (Å²) in [6.07, 6.45) is 0.669. The van der Waals surface area contributed by atoms with Crippen molar-refractivity contribution in [1.29, 1.82) is 0 Å². The van der Waals surface area contributed by atoms with Crippen molar-refractivity contribution in [2.75, 3.05) is 18.0 Å². The van der Waals surface area contributed by atoms with Crippen LogP contribution < -0.4 is 14.4 Å². The van der Waals surface area contributed by atoms with Crippen molar-refractivity contribution in [2.24, 2.45) is 0 Å². The molecule has 0 saturated carbocycles. The molecule has 1 amide bonds. The zero-order valence-electron chi connectivity index (χ0n) is 17.9. The molecule has 0 radical (unpaired) electrons. The van der Waals surface area contributed by atoms with Gasteiger partial charge in [0, 0.05) is 5.02 Å². The first-order valence-corrected chi connectivity index (χ1v) is 11.9. The maximum absolute atomic E-state index is 13.5. The lowest BCUT2D eigenvalue weighted by Gasteiger charge is -2.26. The number of benzene rings is 3. The monoisotopic (exact) mass is 472 g/mol. The van der Waals surface area contributed by atoms with Crippen molar-refractivity contribution in [3.05, 3.63) is 89.4 Å². The highest BCUT2D eigenvalue weighted by atomic mass is 35.5. The highest BCUT2D eigenvalue weighted by molar-refractivity contribution is 7.92. The normalized spacial score (nSPS) is 12.1. The van der Waals surface area contributed by atoms with Gasteiger partial charge in [-0.25, -0.2) is 8.42 Å². The van der Waals surface area contributed by atoms with E-state index in [0.717, 1.165) is 9.87 Å². The van der Waals surface area contributed by atoms with Crippen LogP contribution in [0.15, 0.2) is 83.8 Å². The van der Waals surface area contributed by atoms with Gasteiger partial charge in [0.15, 0.2) is 0 Å². The minimum atomic E-state index is -4.02. The molecule has 3 aromatic rings. The van der Waals surface area contributed by atoms with Crippen LogP contribution in [-0.4, -0.2) is 28.0 Å². The Morgan fingerprint density at radius 2 is 1.62 bits per heavy atom. The molecular weight excluding hydrogens is 448 g/mol. The molecule has 3 aromatic carbocycles. The summed E-state index contributed by atoms with van der Waals surface area (Å²) in [5.41, 5.74) is 1.30. The fraction of sp³-hybridized carbons (Fsp3) is 0.208. The van der Waals surface area contributed by atoms with E-state index >= 15 is 0 Å². The van der Waals surface area contributed by atoms with Crippen molar-refractivity contribution in [3.8, 4) is 5.75 Å². The molecule has 32 heavy (non-hydrogen) atoms. The maximum atomic E-state index is 13.5. The Labute approximate surface area is 193 Å². The fourth-order valence-electron chi connectivity index (χ4n) is 3.27. The molecule has 1 unspecified atom stereocenters. The number of amides is 1. The molecule has 3 rings (SSSR count). The van der Waals surface area contributed by atoms with Gasteiger partial charge in [-0.1, -0.05) is 48.9 Å². The summed E-state index contributed by atoms with van der Waals surface area (Å²) in [6.45, 7) is 1.59. The molecule has 0 aliphatic carbocycles. The Hall–Kier alpha value is -3.03. The van der Waals surface area contributed by atoms with Crippen LogP contribution in [-0.2, 0) is 14.8 Å². The van der Waals surface area contributed by atoms with Crippen LogP contribution in [0.25, 0.3) is 0 Å². The summed E-state index contributed by atoms with van der Waals surface area (Å²) in [5, 5.41) is 3.41. The number of hydrogen-bond acceptors (Lipinski definition) is 4. The molecule has 0 aromatic heterocycles. The molecule has 168 valence electrons. The molecule has 1 atom stereocenters. The lowest BCUT2D eigenvalue weighted by molar-refractivity contribution is -0.120. The van der Waals surface area contributed by atoms with Gasteiger partial charge in [-0.3, -0.25) is 9.10 Å². The Morgan fingerprint density at radius 3 is 2.19 bits per heavy atom. The van der Waals surface area contributed by atoms with Gasteiger partial charge in [0.1, 0.15) is 12.3 Å². The number of rotatable bonds is 9. The summed E-state index contributed by atoms with van der Waals surface area (Å²) in [6, 6.07) is 21.7. The second-order valence-corrected chi connectivity index (χ2v) is 9.40. The van der Waals surface area contributed by atoms with Gasteiger partial charge < -0.3 is 10.1 Å². The minimum Gasteiger partial charge on any atom is -0.497 e. The van der Waals surface area contributed by atoms with E-state index in [2.05, 4.69) is 5.32 Å². The van der Waals surface area contributed by atoms with Crippen LogP contribution in [0.5, 0.6) is 5.75 Å². The Morgan fingerprint density at radius 1 is 1.00 bits per heavy atom. The molecular formula is C24H25ClN2O4S. The SMILES string of the molecule is CCC(NC(=O)CN(c1ccc(Cl)cc1)S(=O)(=O)c1ccc(OC)cc1)c1ccccc1. The predicted molar refractivity (Wildman–Crippen MR) is 127 cm³/mol. The first-order valence-electron chi connectivity index (χ1n) is 10.1. The lowest BCUT2D eigenvalue weighted by atomic mass is 10.0. The minimum absolute atomic E-state index is 0.0520. The predicted octanol–water partition coefficient (Wildman–Crippen LogP) is 4.81. The number of sulfonamides is 1. The molecule has 8 heteroatoms. The first kappa shape index (κ1) is 23.6. The molecule has 0 aliphatic rings. The topological polar surface area (TPSA) is 75.7 Å². The number of nitrogens with one attached hydrogen (secondary N) is 1. The van der Waals surface area contributed by atoms with Crippen LogP contribution in [0.4, 0.5) is 5.69 Å². The average Bonchev–Trinajstić information content (AvgIpc) is 2.82. The van der Waals surface area contributed by atoms with Gasteiger partial charge in [0.2, 0.25) is 5.91 Å². The van der Waals surface area contributed by atoms with Gasteiger partial charge >= 0.3 is 0 Å². The van der Waals surface area contributed by atoms with Crippen LogP contribution in [0.3, 0.4) is 0 Å². The quantitative estimate of drug-likeness (QED) is 0.484. The van der Waals surface area contributed by atoms with Crippen molar-refractivity contribution < 1.29 is 17.9 Å². The van der Waals surface area contributed by atoms with Crippen LogP contribution >= 0.6 is 11.6 Å². The van der Waals surface area contributed by atoms with E-state index in [4.69, 9.17) is 16.3 Å². The average molecular weight is 473 g/mol. The number of methoxy groups -OCH3 is 1. The third-order valence-electron chi connectivity index (χ3n) is 4.99. The van der Waals surface area contributed by atoms with Crippen LogP contribution in [0, 0.1) is 0 Å². The lowest BCUT2D eigenvalue weighted by Crippen LogP contribution is -2.42. The Balaban J connectivity index is 1.90. The summed E-state index contributed by atoms with van der Waals surface area (Å²) in [7, 11) is -2.52. The van der Waals surface area contributed by atoms with Gasteiger partial charge in [0.25, 0.3) is 10.0 Å². The van der Waals surface area contributed by atoms with E-state index in [1.54, 1.807) is 36.4 Å². The second-order valence-electron chi connectivity index (χ2n) is 7.10. The van der Waals surface area contributed by atoms with Crippen LogP contribution in [0.2, 0.25) is 5.02 Å². The van der Waals surface area contributed by atoms with Crippen molar-refractivity contribution in [1.82, 2.24) is 5.32 Å². The van der Waals surface area contributed by atoms with Gasteiger partial charge in [-0.2, -0.15) is 0 Å². The zero-order valence-corrected chi connectivity index (χ0v) is 19.4. The van der Waals surface area contributed by atoms with Crippen LogP contribution in [0.1, 0.15) is 24.9 Å². The summed E-state index contributed by atoms with van der Waals surface area (Å²) in [4.78, 5) is 13.0. The zero-order chi connectivity index (χ0) is 23.1. The maximum Gasteiger partial charge on any atom is 0.264 e.